The molecule has 0 saturated carbocycles. The summed E-state index contributed by atoms with van der Waals surface area (Å²) in [6.45, 7) is 13.2. The van der Waals surface area contributed by atoms with Crippen molar-refractivity contribution < 1.29 is 4.74 Å². The van der Waals surface area contributed by atoms with Crippen LogP contribution < -0.4 is 4.74 Å². The fraction of sp³-hybridized carbons (Fsp3) is 0.611. The Bertz CT molecular complexity index is 675. The van der Waals surface area contributed by atoms with Gasteiger partial charge in [-0.25, -0.2) is 0 Å². The maximum absolute atomic E-state index is 6.21. The second kappa shape index (κ2) is 5.27. The number of aryl methyl sites for hydroxylation is 1. The number of hydrogen-bond acceptors (Lipinski definition) is 3. The highest BCUT2D eigenvalue weighted by Gasteiger charge is 2.31. The van der Waals surface area contributed by atoms with E-state index in [1.54, 1.807) is 0 Å². The van der Waals surface area contributed by atoms with E-state index in [2.05, 4.69) is 62.9 Å². The number of fused-ring (bicyclic) bond motifs is 1. The number of aromatic nitrogens is 2. The Morgan fingerprint density at radius 3 is 2.50 bits per heavy atom. The second-order valence-electron chi connectivity index (χ2n) is 7.71. The van der Waals surface area contributed by atoms with Crippen LogP contribution in [0.2, 0.25) is 0 Å². The van der Waals surface area contributed by atoms with Gasteiger partial charge in [0.05, 0.1) is 0 Å². The molecular formula is C18H27N3O. The van der Waals surface area contributed by atoms with Gasteiger partial charge in [0.15, 0.2) is 0 Å². The molecule has 0 amide bonds. The number of benzene rings is 1. The van der Waals surface area contributed by atoms with Gasteiger partial charge in [0, 0.05) is 37.8 Å². The lowest BCUT2D eigenvalue weighted by atomic mass is 9.85. The van der Waals surface area contributed by atoms with E-state index < -0.39 is 0 Å². The van der Waals surface area contributed by atoms with Gasteiger partial charge in [-0.3, -0.25) is 9.58 Å². The lowest BCUT2D eigenvalue weighted by molar-refractivity contribution is 0.000859. The Hall–Kier alpha value is -1.55. The molecule has 4 nitrogen and oxygen atoms in total. The van der Waals surface area contributed by atoms with E-state index in [4.69, 9.17) is 4.74 Å². The zero-order valence-electron chi connectivity index (χ0n) is 14.6. The molecule has 3 rings (SSSR count). The van der Waals surface area contributed by atoms with Gasteiger partial charge in [-0.05, 0) is 30.9 Å². The van der Waals surface area contributed by atoms with Crippen LogP contribution in [-0.4, -0.2) is 39.9 Å². The van der Waals surface area contributed by atoms with Crippen LogP contribution in [0.25, 0.3) is 10.9 Å². The fourth-order valence-corrected chi connectivity index (χ4v) is 3.09. The predicted molar refractivity (Wildman–Crippen MR) is 90.5 cm³/mol. The molecule has 1 aromatic heterocycles. The molecule has 0 unspecified atom stereocenters. The molecule has 2 heterocycles. The van der Waals surface area contributed by atoms with Crippen molar-refractivity contribution in [3.8, 4) is 5.75 Å². The van der Waals surface area contributed by atoms with Gasteiger partial charge in [0.1, 0.15) is 17.4 Å². The van der Waals surface area contributed by atoms with Crippen LogP contribution in [-0.2, 0) is 12.5 Å². The van der Waals surface area contributed by atoms with Gasteiger partial charge in [-0.1, -0.05) is 26.8 Å². The average Bonchev–Trinajstić information content (AvgIpc) is 2.72. The van der Waals surface area contributed by atoms with Crippen molar-refractivity contribution in [2.75, 3.05) is 13.1 Å². The standard InChI is InChI=1S/C18H27N3O/c1-12(2)21-9-13(10-21)22-16-8-7-15(18(3,4)5)14-11-20(6)19-17(14)16/h7-8,11-13H,9-10H2,1-6H3. The van der Waals surface area contributed by atoms with E-state index in [9.17, 15) is 0 Å². The van der Waals surface area contributed by atoms with Crippen LogP contribution >= 0.6 is 0 Å². The number of rotatable bonds is 3. The fourth-order valence-electron chi connectivity index (χ4n) is 3.09. The molecule has 1 aromatic carbocycles. The summed E-state index contributed by atoms with van der Waals surface area (Å²) >= 11 is 0. The lowest BCUT2D eigenvalue weighted by Crippen LogP contribution is -2.56. The van der Waals surface area contributed by atoms with Crippen LogP contribution in [0.3, 0.4) is 0 Å². The smallest absolute Gasteiger partial charge is 0.147 e. The van der Waals surface area contributed by atoms with Crippen LogP contribution in [0.1, 0.15) is 40.2 Å². The third-order valence-electron chi connectivity index (χ3n) is 4.46. The lowest BCUT2D eigenvalue weighted by Gasteiger charge is -2.41. The molecular weight excluding hydrogens is 274 g/mol. The Labute approximate surface area is 133 Å². The van der Waals surface area contributed by atoms with E-state index >= 15 is 0 Å². The molecule has 120 valence electrons. The van der Waals surface area contributed by atoms with Crippen molar-refractivity contribution >= 4 is 10.9 Å². The Morgan fingerprint density at radius 1 is 1.23 bits per heavy atom. The van der Waals surface area contributed by atoms with E-state index in [0.29, 0.717) is 6.04 Å². The van der Waals surface area contributed by atoms with Gasteiger partial charge in [0.25, 0.3) is 0 Å². The maximum atomic E-state index is 6.21. The van der Waals surface area contributed by atoms with Gasteiger partial charge in [0.2, 0.25) is 0 Å². The largest absolute Gasteiger partial charge is 0.485 e. The van der Waals surface area contributed by atoms with Gasteiger partial charge >= 0.3 is 0 Å². The van der Waals surface area contributed by atoms with Gasteiger partial charge in [-0.2, -0.15) is 5.10 Å². The first-order chi connectivity index (χ1) is 10.3. The molecule has 1 fully saturated rings. The van der Waals surface area contributed by atoms with Gasteiger partial charge in [-0.15, -0.1) is 0 Å². The van der Waals surface area contributed by atoms with E-state index in [-0.39, 0.29) is 11.5 Å². The Morgan fingerprint density at radius 2 is 1.91 bits per heavy atom. The van der Waals surface area contributed by atoms with Crippen molar-refractivity contribution in [3.05, 3.63) is 23.9 Å². The minimum Gasteiger partial charge on any atom is -0.485 e. The van der Waals surface area contributed by atoms with Crippen molar-refractivity contribution in [1.82, 2.24) is 14.7 Å². The zero-order chi connectivity index (χ0) is 16.1. The highest BCUT2D eigenvalue weighted by Crippen LogP contribution is 2.35. The maximum Gasteiger partial charge on any atom is 0.147 e. The molecule has 4 heteroatoms. The first kappa shape index (κ1) is 15.3. The highest BCUT2D eigenvalue weighted by atomic mass is 16.5. The van der Waals surface area contributed by atoms with Crippen LogP contribution in [0.4, 0.5) is 0 Å². The predicted octanol–water partition coefficient (Wildman–Crippen LogP) is 3.34. The molecule has 22 heavy (non-hydrogen) atoms. The summed E-state index contributed by atoms with van der Waals surface area (Å²) in [6, 6.07) is 4.88. The van der Waals surface area contributed by atoms with Crippen LogP contribution in [0.15, 0.2) is 18.3 Å². The third-order valence-corrected chi connectivity index (χ3v) is 4.46. The van der Waals surface area contributed by atoms with Gasteiger partial charge < -0.3 is 4.74 Å². The summed E-state index contributed by atoms with van der Waals surface area (Å²) in [5, 5.41) is 5.83. The Balaban J connectivity index is 1.89. The van der Waals surface area contributed by atoms with Crippen molar-refractivity contribution in [2.45, 2.75) is 52.2 Å². The number of hydrogen-bond donors (Lipinski definition) is 0. The summed E-state index contributed by atoms with van der Waals surface area (Å²) < 4.78 is 8.09. The molecule has 2 aromatic rings. The first-order valence-corrected chi connectivity index (χ1v) is 8.13. The van der Waals surface area contributed by atoms with Crippen LogP contribution in [0.5, 0.6) is 5.75 Å². The quantitative estimate of drug-likeness (QED) is 0.871. The minimum absolute atomic E-state index is 0.102. The molecule has 0 spiro atoms. The average molecular weight is 301 g/mol. The SMILES string of the molecule is CC(C)N1CC(Oc2ccc(C(C)(C)C)c3cn(C)nc23)C1. The summed E-state index contributed by atoms with van der Waals surface area (Å²) in [7, 11) is 1.97. The minimum atomic E-state index is 0.102. The third kappa shape index (κ3) is 2.72. The second-order valence-corrected chi connectivity index (χ2v) is 7.71. The summed E-state index contributed by atoms with van der Waals surface area (Å²) in [4.78, 5) is 2.42. The van der Waals surface area contributed by atoms with Crippen molar-refractivity contribution in [1.29, 1.82) is 0 Å². The van der Waals surface area contributed by atoms with Crippen molar-refractivity contribution in [2.24, 2.45) is 7.05 Å². The molecule has 1 saturated heterocycles. The van der Waals surface area contributed by atoms with E-state index in [1.165, 1.54) is 10.9 Å². The monoisotopic (exact) mass is 301 g/mol. The topological polar surface area (TPSA) is 30.3 Å². The van der Waals surface area contributed by atoms with E-state index in [0.717, 1.165) is 24.4 Å². The van der Waals surface area contributed by atoms with Crippen LogP contribution in [0, 0.1) is 0 Å². The number of ether oxygens (including phenoxy) is 1. The molecule has 1 aliphatic heterocycles. The summed E-state index contributed by atoms with van der Waals surface area (Å²) in [5.41, 5.74) is 2.41. The molecule has 0 atom stereocenters. The number of likely N-dealkylation sites (tertiary alicyclic amines) is 1. The molecule has 0 bridgehead atoms. The molecule has 0 N–H and O–H groups in total. The molecule has 0 aliphatic carbocycles. The summed E-state index contributed by atoms with van der Waals surface area (Å²) in [5.74, 6) is 0.914. The number of nitrogens with zero attached hydrogens (tertiary/aromatic N) is 3. The summed E-state index contributed by atoms with van der Waals surface area (Å²) in [6.07, 6.45) is 2.39. The Kier molecular flexibility index (Phi) is 3.68. The van der Waals surface area contributed by atoms with Crippen molar-refractivity contribution in [3.63, 3.8) is 0 Å². The zero-order valence-corrected chi connectivity index (χ0v) is 14.6. The normalized spacial score (nSPS) is 17.2. The molecule has 0 radical (unpaired) electrons. The van der Waals surface area contributed by atoms with E-state index in [1.807, 2.05) is 11.7 Å². The molecule has 1 aliphatic rings. The first-order valence-electron chi connectivity index (χ1n) is 8.13. The highest BCUT2D eigenvalue weighted by molar-refractivity contribution is 5.88.